The maximum Gasteiger partial charge on any atom is 0.404 e. The highest BCUT2D eigenvalue weighted by Crippen LogP contribution is 2.68. The first kappa shape index (κ1) is 23.4. The van der Waals surface area contributed by atoms with Crippen molar-refractivity contribution in [1.82, 2.24) is 0 Å². The van der Waals surface area contributed by atoms with Gasteiger partial charge in [0.05, 0.1) is 6.61 Å². The van der Waals surface area contributed by atoms with Gasteiger partial charge in [-0.1, -0.05) is 13.8 Å². The van der Waals surface area contributed by atoms with Crippen molar-refractivity contribution in [2.45, 2.75) is 84.7 Å². The zero-order valence-electron chi connectivity index (χ0n) is 19.8. The zero-order chi connectivity index (χ0) is 23.3. The van der Waals surface area contributed by atoms with Crippen molar-refractivity contribution in [2.24, 2.45) is 57.8 Å². The monoisotopic (exact) mass is 448 g/mol. The van der Waals surface area contributed by atoms with Crippen LogP contribution in [0.5, 0.6) is 0 Å². The molecule has 7 nitrogen and oxygen atoms in total. The first-order valence-electron chi connectivity index (χ1n) is 12.4. The molecule has 0 bridgehead atoms. The Morgan fingerprint density at radius 2 is 1.62 bits per heavy atom. The normalized spacial score (nSPS) is 45.2. The van der Waals surface area contributed by atoms with Crippen molar-refractivity contribution in [3.63, 3.8) is 0 Å². The van der Waals surface area contributed by atoms with Crippen LogP contribution < -0.4 is 11.5 Å². The quantitative estimate of drug-likeness (QED) is 0.645. The summed E-state index contributed by atoms with van der Waals surface area (Å²) in [4.78, 5) is 35.1. The lowest BCUT2D eigenvalue weighted by atomic mass is 9.44. The molecule has 4 rings (SSSR count). The first-order valence-corrected chi connectivity index (χ1v) is 12.4. The van der Waals surface area contributed by atoms with Gasteiger partial charge in [0.1, 0.15) is 11.9 Å². The number of nitrogens with two attached hydrogens (primary N) is 2. The fourth-order valence-corrected chi connectivity index (χ4v) is 9.06. The Morgan fingerprint density at radius 3 is 2.28 bits per heavy atom. The molecule has 0 aromatic carbocycles. The Labute approximate surface area is 191 Å². The zero-order valence-corrected chi connectivity index (χ0v) is 19.8. The van der Waals surface area contributed by atoms with Crippen molar-refractivity contribution in [1.29, 1.82) is 0 Å². The lowest BCUT2D eigenvalue weighted by Gasteiger charge is -2.61. The number of fused-ring (bicyclic) bond motifs is 5. The third kappa shape index (κ3) is 3.90. The SMILES string of the molecule is CC(=O)[C@H]1[C@H](CCOC(N)=O)C[C@H]2[C@@H]3CC[C@H]4C[C@H](OC(N)=O)CC[C@]4(C)[C@H]3CC[C@@]21C. The van der Waals surface area contributed by atoms with Gasteiger partial charge in [-0.05, 0) is 105 Å². The van der Waals surface area contributed by atoms with Crippen LogP contribution in [0.4, 0.5) is 9.59 Å². The fraction of sp³-hybridized carbons (Fsp3) is 0.880. The fourth-order valence-electron chi connectivity index (χ4n) is 9.06. The maximum atomic E-state index is 12.8. The van der Waals surface area contributed by atoms with Crippen molar-refractivity contribution in [3.05, 3.63) is 0 Å². The van der Waals surface area contributed by atoms with Gasteiger partial charge in [0.2, 0.25) is 0 Å². The standard InChI is InChI=1S/C25H40N2O5/c1-14(28)21-15(8-11-31-22(26)29)12-20-18-5-4-16-13-17(32-23(27)30)6-9-24(16,2)19(18)7-10-25(20,21)3/h15-21H,4-13H2,1-3H3,(H2,26,29)(H2,27,30)/t15-,16+,17-,18-,19+,20+,21+,24+,25+/m1/s1. The van der Waals surface area contributed by atoms with Gasteiger partial charge in [-0.15, -0.1) is 0 Å². The second-order valence-corrected chi connectivity index (χ2v) is 11.6. The number of carbonyl (C=O) groups excluding carboxylic acids is 3. The van der Waals surface area contributed by atoms with Gasteiger partial charge in [-0.2, -0.15) is 0 Å². The molecule has 0 spiro atoms. The van der Waals surface area contributed by atoms with E-state index in [2.05, 4.69) is 13.8 Å². The van der Waals surface area contributed by atoms with Gasteiger partial charge >= 0.3 is 12.2 Å². The van der Waals surface area contributed by atoms with Crippen LogP contribution in [0.25, 0.3) is 0 Å². The number of hydrogen-bond acceptors (Lipinski definition) is 5. The number of hydrogen-bond donors (Lipinski definition) is 2. The molecular weight excluding hydrogens is 408 g/mol. The van der Waals surface area contributed by atoms with Gasteiger partial charge in [-0.25, -0.2) is 9.59 Å². The molecule has 4 saturated carbocycles. The minimum atomic E-state index is -0.742. The third-order valence-electron chi connectivity index (χ3n) is 10.2. The van der Waals surface area contributed by atoms with Crippen LogP contribution >= 0.6 is 0 Å². The van der Waals surface area contributed by atoms with E-state index in [1.807, 2.05) is 0 Å². The minimum absolute atomic E-state index is 0.0276. The number of primary amides is 2. The van der Waals surface area contributed by atoms with Gasteiger partial charge in [-0.3, -0.25) is 4.79 Å². The maximum absolute atomic E-state index is 12.8. The molecule has 2 amide bonds. The lowest BCUT2D eigenvalue weighted by molar-refractivity contribution is -0.139. The van der Waals surface area contributed by atoms with Crippen LogP contribution in [0.15, 0.2) is 0 Å². The molecule has 180 valence electrons. The minimum Gasteiger partial charge on any atom is -0.450 e. The Bertz CT molecular complexity index is 771. The van der Waals surface area contributed by atoms with Crippen LogP contribution in [0.3, 0.4) is 0 Å². The highest BCUT2D eigenvalue weighted by atomic mass is 16.6. The van der Waals surface area contributed by atoms with E-state index in [0.29, 0.717) is 36.7 Å². The van der Waals surface area contributed by atoms with Crippen molar-refractivity contribution >= 4 is 18.0 Å². The number of Topliss-reactive ketones (excluding diaryl/α,β-unsaturated/α-hetero) is 1. The summed E-state index contributed by atoms with van der Waals surface area (Å²) >= 11 is 0. The summed E-state index contributed by atoms with van der Waals surface area (Å²) in [6.45, 7) is 6.85. The first-order chi connectivity index (χ1) is 15.1. The number of amides is 2. The second-order valence-electron chi connectivity index (χ2n) is 11.6. The number of rotatable bonds is 5. The van der Waals surface area contributed by atoms with Crippen molar-refractivity contribution < 1.29 is 23.9 Å². The molecule has 0 radical (unpaired) electrons. The predicted octanol–water partition coefficient (Wildman–Crippen LogP) is 4.41. The molecule has 0 saturated heterocycles. The van der Waals surface area contributed by atoms with E-state index in [4.69, 9.17) is 20.9 Å². The molecule has 4 aliphatic carbocycles. The number of ether oxygens (including phenoxy) is 2. The highest BCUT2D eigenvalue weighted by molar-refractivity contribution is 5.80. The van der Waals surface area contributed by atoms with Gasteiger partial charge in [0.25, 0.3) is 0 Å². The van der Waals surface area contributed by atoms with Crippen LogP contribution in [0.1, 0.15) is 78.6 Å². The Balaban J connectivity index is 1.52. The summed E-state index contributed by atoms with van der Waals surface area (Å²) < 4.78 is 10.4. The molecular formula is C25H40N2O5. The molecule has 0 heterocycles. The van der Waals surface area contributed by atoms with E-state index in [1.54, 1.807) is 6.92 Å². The molecule has 4 aliphatic rings. The molecule has 0 aliphatic heterocycles. The number of ketones is 1. The van der Waals surface area contributed by atoms with Crippen molar-refractivity contribution in [2.75, 3.05) is 6.61 Å². The molecule has 0 unspecified atom stereocenters. The Morgan fingerprint density at radius 1 is 0.906 bits per heavy atom. The largest absolute Gasteiger partial charge is 0.450 e. The average Bonchev–Trinajstić information content (AvgIpc) is 3.00. The molecule has 9 atom stereocenters. The Hall–Kier alpha value is -1.79. The summed E-state index contributed by atoms with van der Waals surface area (Å²) in [6.07, 6.45) is 7.79. The Kier molecular flexibility index (Phi) is 6.23. The topological polar surface area (TPSA) is 122 Å². The summed E-state index contributed by atoms with van der Waals surface area (Å²) in [7, 11) is 0. The van der Waals surface area contributed by atoms with E-state index in [9.17, 15) is 14.4 Å². The smallest absolute Gasteiger partial charge is 0.404 e. The molecule has 0 aromatic rings. The molecule has 4 fully saturated rings. The summed E-state index contributed by atoms with van der Waals surface area (Å²) in [5.74, 6) is 2.96. The molecule has 32 heavy (non-hydrogen) atoms. The van der Waals surface area contributed by atoms with Gasteiger partial charge < -0.3 is 20.9 Å². The van der Waals surface area contributed by atoms with E-state index >= 15 is 0 Å². The molecule has 7 heteroatoms. The second kappa shape index (κ2) is 8.53. The molecule has 0 aromatic heterocycles. The summed E-state index contributed by atoms with van der Waals surface area (Å²) in [6, 6.07) is 0. The van der Waals surface area contributed by atoms with E-state index in [0.717, 1.165) is 38.5 Å². The van der Waals surface area contributed by atoms with E-state index in [-0.39, 0.29) is 34.6 Å². The molecule has 4 N–H and O–H groups in total. The van der Waals surface area contributed by atoms with E-state index < -0.39 is 12.2 Å². The number of carbonyl (C=O) groups is 3. The van der Waals surface area contributed by atoms with Crippen LogP contribution in [-0.4, -0.2) is 30.7 Å². The summed E-state index contributed by atoms with van der Waals surface area (Å²) in [5, 5.41) is 0. The third-order valence-corrected chi connectivity index (χ3v) is 10.2. The van der Waals surface area contributed by atoms with Crippen LogP contribution in [0.2, 0.25) is 0 Å². The predicted molar refractivity (Wildman–Crippen MR) is 119 cm³/mol. The van der Waals surface area contributed by atoms with Crippen LogP contribution in [0, 0.1) is 46.3 Å². The average molecular weight is 449 g/mol. The van der Waals surface area contributed by atoms with Gasteiger partial charge in [0, 0.05) is 5.92 Å². The van der Waals surface area contributed by atoms with Crippen molar-refractivity contribution in [3.8, 4) is 0 Å². The van der Waals surface area contributed by atoms with E-state index in [1.165, 1.54) is 12.8 Å². The van der Waals surface area contributed by atoms with Crippen LogP contribution in [-0.2, 0) is 14.3 Å². The van der Waals surface area contributed by atoms with Gasteiger partial charge in [0.15, 0.2) is 0 Å². The lowest BCUT2D eigenvalue weighted by Crippen LogP contribution is -2.54. The highest BCUT2D eigenvalue weighted by Gasteiger charge is 2.63. The summed E-state index contributed by atoms with van der Waals surface area (Å²) in [5.41, 5.74) is 10.7.